The van der Waals surface area contributed by atoms with Gasteiger partial charge in [-0.2, -0.15) is 0 Å². The molecule has 6 heteroatoms. The summed E-state index contributed by atoms with van der Waals surface area (Å²) in [5, 5.41) is 4.89. The Morgan fingerprint density at radius 1 is 0.391 bits per heavy atom. The minimum absolute atomic E-state index is 0.0674. The fourth-order valence-corrected chi connectivity index (χ4v) is 11.6. The van der Waals surface area contributed by atoms with E-state index in [4.69, 9.17) is 4.98 Å². The summed E-state index contributed by atoms with van der Waals surface area (Å²) in [5.41, 5.74) is 14.9. The van der Waals surface area contributed by atoms with Crippen LogP contribution in [0.2, 0.25) is 0 Å². The predicted octanol–water partition coefficient (Wildman–Crippen LogP) is 14.5. The zero-order valence-electron chi connectivity index (χ0n) is 35.0. The minimum atomic E-state index is -0.478. The number of anilines is 4. The Morgan fingerprint density at radius 3 is 1.61 bits per heavy atom. The van der Waals surface area contributed by atoms with Crippen LogP contribution >= 0.6 is 0 Å². The Hall–Kier alpha value is -8.35. The molecule has 64 heavy (non-hydrogen) atoms. The summed E-state index contributed by atoms with van der Waals surface area (Å²) in [7, 11) is 0. The van der Waals surface area contributed by atoms with E-state index in [2.05, 4.69) is 249 Å². The summed E-state index contributed by atoms with van der Waals surface area (Å²) in [5.74, 6) is 1.79. The molecule has 0 saturated carbocycles. The fourth-order valence-electron chi connectivity index (χ4n) is 11.6. The van der Waals surface area contributed by atoms with Crippen LogP contribution in [0.5, 0.6) is 0 Å². The van der Waals surface area contributed by atoms with Gasteiger partial charge in [0.2, 0.25) is 0 Å². The Balaban J connectivity index is 0.964. The first kappa shape index (κ1) is 35.3. The molecule has 0 saturated heterocycles. The molecule has 0 aliphatic carbocycles. The van der Waals surface area contributed by atoms with Gasteiger partial charge in [0.25, 0.3) is 0 Å². The molecule has 2 atom stereocenters. The van der Waals surface area contributed by atoms with Crippen LogP contribution in [0.3, 0.4) is 0 Å². The Kier molecular flexibility index (Phi) is 7.21. The standard InChI is InChI=1S/C58H40N6/c1-58-46-28-10-16-34-52(46)63(54-36-18-35-53(59-54)62-50-32-14-8-26-44(50)55-56(62)43-25-7-13-31-49(43)61(55)38-19-3-2-4-20-38)57(58)45-27-9-15-33-51(45)64(58)40-22-17-21-39(37-40)60-47-29-11-5-23-41(47)42-24-6-12-30-48(42)60/h2-37,57H,1H3. The van der Waals surface area contributed by atoms with E-state index in [0.717, 1.165) is 39.7 Å². The summed E-state index contributed by atoms with van der Waals surface area (Å²) in [6, 6.07) is 79.2. The minimum Gasteiger partial charge on any atom is -0.329 e. The van der Waals surface area contributed by atoms with Gasteiger partial charge in [-0.3, -0.25) is 4.57 Å². The van der Waals surface area contributed by atoms with Crippen LogP contribution in [0.1, 0.15) is 24.1 Å². The van der Waals surface area contributed by atoms with Crippen molar-refractivity contribution in [2.45, 2.75) is 18.5 Å². The van der Waals surface area contributed by atoms with Crippen LogP contribution < -0.4 is 9.80 Å². The molecule has 4 aromatic heterocycles. The SMILES string of the molecule is CC12c3ccccc3N(c3cccc(-n4c5ccccc5c5c4c4ccccc4n5-c4ccccc4)n3)C1c1ccccc1N2c1cccc(-n2c3ccccc3c3ccccc32)c1. The third kappa shape index (κ3) is 4.61. The van der Waals surface area contributed by atoms with Crippen molar-refractivity contribution in [1.82, 2.24) is 18.7 Å². The van der Waals surface area contributed by atoms with Crippen molar-refractivity contribution in [2.24, 2.45) is 0 Å². The van der Waals surface area contributed by atoms with Crippen LogP contribution in [0.25, 0.3) is 71.8 Å². The van der Waals surface area contributed by atoms with Crippen molar-refractivity contribution in [1.29, 1.82) is 0 Å². The van der Waals surface area contributed by atoms with Crippen molar-refractivity contribution < 1.29 is 0 Å². The molecule has 14 rings (SSSR count). The van der Waals surface area contributed by atoms with Gasteiger partial charge in [-0.25, -0.2) is 4.98 Å². The molecule has 0 N–H and O–H groups in total. The number of hydrogen-bond acceptors (Lipinski definition) is 3. The maximum Gasteiger partial charge on any atom is 0.140 e. The first-order valence-electron chi connectivity index (χ1n) is 22.1. The molecular formula is C58H40N6. The molecule has 0 fully saturated rings. The van der Waals surface area contributed by atoms with E-state index in [0.29, 0.717) is 0 Å². The number of hydrogen-bond donors (Lipinski definition) is 0. The number of rotatable bonds is 5. The van der Waals surface area contributed by atoms with E-state index in [1.54, 1.807) is 0 Å². The van der Waals surface area contributed by atoms with Crippen molar-refractivity contribution in [2.75, 3.05) is 9.80 Å². The zero-order chi connectivity index (χ0) is 42.1. The maximum atomic E-state index is 5.71. The quantitative estimate of drug-likeness (QED) is 0.173. The van der Waals surface area contributed by atoms with Gasteiger partial charge < -0.3 is 18.9 Å². The second-order valence-electron chi connectivity index (χ2n) is 17.3. The second-order valence-corrected chi connectivity index (χ2v) is 17.3. The molecule has 2 aliphatic heterocycles. The van der Waals surface area contributed by atoms with E-state index in [1.165, 1.54) is 66.1 Å². The molecule has 0 bridgehead atoms. The van der Waals surface area contributed by atoms with E-state index < -0.39 is 5.54 Å². The van der Waals surface area contributed by atoms with Gasteiger partial charge >= 0.3 is 0 Å². The van der Waals surface area contributed by atoms with Gasteiger partial charge in [0, 0.05) is 61.1 Å². The third-order valence-corrected chi connectivity index (χ3v) is 14.0. The van der Waals surface area contributed by atoms with Crippen molar-refractivity contribution in [3.63, 3.8) is 0 Å². The Morgan fingerprint density at radius 2 is 0.891 bits per heavy atom. The number of fused-ring (bicyclic) bond motifs is 13. The highest BCUT2D eigenvalue weighted by atomic mass is 15.4. The zero-order valence-corrected chi connectivity index (χ0v) is 35.0. The molecule has 6 nitrogen and oxygen atoms in total. The Bertz CT molecular complexity index is 3790. The Labute approximate surface area is 369 Å². The average Bonchev–Trinajstić information content (AvgIpc) is 4.11. The van der Waals surface area contributed by atoms with E-state index in [1.807, 2.05) is 0 Å². The van der Waals surface area contributed by atoms with Crippen LogP contribution in [0, 0.1) is 0 Å². The molecule has 6 heterocycles. The van der Waals surface area contributed by atoms with Crippen molar-refractivity contribution >= 4 is 77.5 Å². The molecule has 2 unspecified atom stereocenters. The second kappa shape index (κ2) is 13.1. The summed E-state index contributed by atoms with van der Waals surface area (Å²) in [6.45, 7) is 2.43. The predicted molar refractivity (Wildman–Crippen MR) is 263 cm³/mol. The summed E-state index contributed by atoms with van der Waals surface area (Å²) in [6.07, 6.45) is 0. The number of nitrogens with zero attached hydrogens (tertiary/aromatic N) is 6. The monoisotopic (exact) mass is 820 g/mol. The summed E-state index contributed by atoms with van der Waals surface area (Å²) in [4.78, 5) is 10.8. The largest absolute Gasteiger partial charge is 0.329 e. The smallest absolute Gasteiger partial charge is 0.140 e. The molecular weight excluding hydrogens is 781 g/mol. The lowest BCUT2D eigenvalue weighted by molar-refractivity contribution is 0.446. The van der Waals surface area contributed by atoms with Crippen LogP contribution in [-0.2, 0) is 5.54 Å². The third-order valence-electron chi connectivity index (χ3n) is 14.0. The number of pyridine rings is 1. The number of benzene rings is 8. The van der Waals surface area contributed by atoms with Crippen LogP contribution in [-0.4, -0.2) is 18.7 Å². The lowest BCUT2D eigenvalue weighted by Gasteiger charge is -2.39. The van der Waals surface area contributed by atoms with Gasteiger partial charge in [0.1, 0.15) is 11.6 Å². The van der Waals surface area contributed by atoms with Gasteiger partial charge in [-0.05, 0) is 85.8 Å². The van der Waals surface area contributed by atoms with Gasteiger partial charge in [-0.15, -0.1) is 0 Å². The van der Waals surface area contributed by atoms with Crippen molar-refractivity contribution in [3.05, 3.63) is 230 Å². The number of aromatic nitrogens is 4. The highest BCUT2D eigenvalue weighted by molar-refractivity contribution is 6.20. The maximum absolute atomic E-state index is 5.71. The van der Waals surface area contributed by atoms with Crippen LogP contribution in [0.4, 0.5) is 22.9 Å². The summed E-state index contributed by atoms with van der Waals surface area (Å²) < 4.78 is 7.21. The number of para-hydroxylation sites is 7. The molecule has 12 aromatic rings. The lowest BCUT2D eigenvalue weighted by atomic mass is 9.86. The molecule has 0 amide bonds. The van der Waals surface area contributed by atoms with Gasteiger partial charge in [0.05, 0.1) is 44.7 Å². The van der Waals surface area contributed by atoms with Crippen molar-refractivity contribution in [3.8, 4) is 17.2 Å². The van der Waals surface area contributed by atoms with E-state index in [9.17, 15) is 0 Å². The van der Waals surface area contributed by atoms with Gasteiger partial charge in [-0.1, -0.05) is 140 Å². The van der Waals surface area contributed by atoms with E-state index in [-0.39, 0.29) is 6.04 Å². The highest BCUT2D eigenvalue weighted by Crippen LogP contribution is 2.65. The first-order chi connectivity index (χ1) is 31.7. The van der Waals surface area contributed by atoms with Crippen LogP contribution in [0.15, 0.2) is 218 Å². The van der Waals surface area contributed by atoms with E-state index >= 15 is 0 Å². The molecule has 0 spiro atoms. The average molecular weight is 821 g/mol. The van der Waals surface area contributed by atoms with Gasteiger partial charge in [0.15, 0.2) is 0 Å². The topological polar surface area (TPSA) is 34.2 Å². The molecule has 302 valence electrons. The summed E-state index contributed by atoms with van der Waals surface area (Å²) >= 11 is 0. The fraction of sp³-hybridized carbons (Fsp3) is 0.0517. The first-order valence-corrected chi connectivity index (χ1v) is 22.1. The molecule has 0 radical (unpaired) electrons. The molecule has 2 aliphatic rings. The highest BCUT2D eigenvalue weighted by Gasteiger charge is 2.58. The lowest BCUT2D eigenvalue weighted by Crippen LogP contribution is -2.41. The normalized spacial score (nSPS) is 16.7. The molecule has 8 aromatic carbocycles.